The van der Waals surface area contributed by atoms with Crippen molar-refractivity contribution in [1.82, 2.24) is 0 Å². The molecule has 0 heterocycles. The molecule has 0 aliphatic heterocycles. The summed E-state index contributed by atoms with van der Waals surface area (Å²) in [7, 11) is -3.90. The van der Waals surface area contributed by atoms with Gasteiger partial charge < -0.3 is 10.2 Å². The first kappa shape index (κ1) is 19.8. The minimum absolute atomic E-state index is 0.0891. The molecule has 3 N–H and O–H groups in total. The van der Waals surface area contributed by atoms with E-state index in [1.807, 2.05) is 12.1 Å². The number of sulfonamides is 1. The van der Waals surface area contributed by atoms with Crippen LogP contribution >= 0.6 is 0 Å². The molecule has 7 heteroatoms. The molecule has 6 nitrogen and oxygen atoms in total. The summed E-state index contributed by atoms with van der Waals surface area (Å²) in [5, 5.41) is 18.7. The van der Waals surface area contributed by atoms with E-state index in [1.165, 1.54) is 6.07 Å². The number of hydrogen-bond donors (Lipinski definition) is 3. The summed E-state index contributed by atoms with van der Waals surface area (Å²) in [6.45, 7) is 9.64. The first-order valence-electron chi connectivity index (χ1n) is 8.04. The molecule has 140 valence electrons. The highest BCUT2D eigenvalue weighted by Crippen LogP contribution is 2.31. The van der Waals surface area contributed by atoms with Gasteiger partial charge in [-0.15, -0.1) is 0 Å². The van der Waals surface area contributed by atoms with E-state index in [1.54, 1.807) is 13.8 Å². The van der Waals surface area contributed by atoms with Gasteiger partial charge in [0.25, 0.3) is 10.0 Å². The Labute approximate surface area is 153 Å². The molecule has 0 aliphatic carbocycles. The topological polar surface area (TPSA) is 104 Å². The van der Waals surface area contributed by atoms with E-state index >= 15 is 0 Å². The third kappa shape index (κ3) is 3.99. The van der Waals surface area contributed by atoms with Gasteiger partial charge in [-0.05, 0) is 48.1 Å². The van der Waals surface area contributed by atoms with Crippen molar-refractivity contribution >= 4 is 21.7 Å². The Hall–Kier alpha value is -2.54. The van der Waals surface area contributed by atoms with Gasteiger partial charge in [0.1, 0.15) is 11.3 Å². The molecule has 0 bridgehead atoms. The molecule has 0 fully saturated rings. The standard InChI is InChI=1S/C19H23NO5S/c1-11-8-13(19(3,4)5)9-12(2)17(11)26(24,25)20-14-6-7-15(18(22)23)16(21)10-14/h6-10,20-21H,1-5H3,(H,22,23). The number of nitrogens with one attached hydrogen (secondary N) is 1. The second kappa shape index (κ2) is 6.64. The van der Waals surface area contributed by atoms with Crippen LogP contribution < -0.4 is 4.72 Å². The molecular weight excluding hydrogens is 354 g/mol. The van der Waals surface area contributed by atoms with E-state index in [0.29, 0.717) is 11.1 Å². The first-order valence-corrected chi connectivity index (χ1v) is 9.52. The number of aromatic hydroxyl groups is 1. The maximum absolute atomic E-state index is 12.8. The highest BCUT2D eigenvalue weighted by molar-refractivity contribution is 7.92. The van der Waals surface area contributed by atoms with Crippen LogP contribution in [0.5, 0.6) is 5.75 Å². The number of hydrogen-bond acceptors (Lipinski definition) is 4. The average Bonchev–Trinajstić information content (AvgIpc) is 2.44. The van der Waals surface area contributed by atoms with Gasteiger partial charge in [0.05, 0.1) is 10.6 Å². The van der Waals surface area contributed by atoms with Crippen molar-refractivity contribution in [2.75, 3.05) is 4.72 Å². The van der Waals surface area contributed by atoms with Gasteiger partial charge >= 0.3 is 5.97 Å². The predicted molar refractivity (Wildman–Crippen MR) is 100 cm³/mol. The van der Waals surface area contributed by atoms with Crippen LogP contribution in [0.3, 0.4) is 0 Å². The number of aromatic carboxylic acids is 1. The van der Waals surface area contributed by atoms with Gasteiger partial charge in [0.15, 0.2) is 0 Å². The van der Waals surface area contributed by atoms with Gasteiger partial charge in [0.2, 0.25) is 0 Å². The van der Waals surface area contributed by atoms with Crippen LogP contribution in [0.1, 0.15) is 47.8 Å². The van der Waals surface area contributed by atoms with Crippen molar-refractivity contribution in [3.05, 3.63) is 52.6 Å². The Balaban J connectivity index is 2.46. The van der Waals surface area contributed by atoms with Gasteiger partial charge in [-0.3, -0.25) is 4.72 Å². The Kier molecular flexibility index (Phi) is 5.05. The van der Waals surface area contributed by atoms with Crippen LogP contribution in [0, 0.1) is 13.8 Å². The lowest BCUT2D eigenvalue weighted by Crippen LogP contribution is -2.18. The molecule has 0 spiro atoms. The quantitative estimate of drug-likeness (QED) is 0.752. The lowest BCUT2D eigenvalue weighted by Gasteiger charge is -2.22. The van der Waals surface area contributed by atoms with Crippen LogP contribution in [0.2, 0.25) is 0 Å². The largest absolute Gasteiger partial charge is 0.507 e. The number of benzene rings is 2. The molecule has 26 heavy (non-hydrogen) atoms. The maximum Gasteiger partial charge on any atom is 0.339 e. The van der Waals surface area contributed by atoms with E-state index in [4.69, 9.17) is 5.11 Å². The molecule has 0 radical (unpaired) electrons. The summed E-state index contributed by atoms with van der Waals surface area (Å²) in [6.07, 6.45) is 0. The molecule has 2 aromatic rings. The lowest BCUT2D eigenvalue weighted by atomic mass is 9.85. The number of carboxylic acids is 1. The molecule has 0 atom stereocenters. The highest BCUT2D eigenvalue weighted by atomic mass is 32.2. The van der Waals surface area contributed by atoms with Crippen LogP contribution in [0.25, 0.3) is 0 Å². The van der Waals surface area contributed by atoms with Gasteiger partial charge in [-0.1, -0.05) is 32.9 Å². The minimum atomic E-state index is -3.90. The summed E-state index contributed by atoms with van der Waals surface area (Å²) >= 11 is 0. The molecule has 2 aromatic carbocycles. The summed E-state index contributed by atoms with van der Waals surface area (Å²) in [5.74, 6) is -1.80. The third-order valence-electron chi connectivity index (χ3n) is 4.08. The zero-order valence-corrected chi connectivity index (χ0v) is 16.2. The molecular formula is C19H23NO5S. The Morgan fingerprint density at radius 1 is 1.04 bits per heavy atom. The second-order valence-corrected chi connectivity index (χ2v) is 8.95. The number of aryl methyl sites for hydroxylation is 2. The van der Waals surface area contributed by atoms with Gasteiger partial charge in [-0.2, -0.15) is 0 Å². The number of carbonyl (C=O) groups is 1. The molecule has 2 rings (SSSR count). The van der Waals surface area contributed by atoms with Crippen LogP contribution in [-0.2, 0) is 15.4 Å². The average molecular weight is 377 g/mol. The summed E-state index contributed by atoms with van der Waals surface area (Å²) in [5.41, 5.74) is 1.96. The third-order valence-corrected chi connectivity index (χ3v) is 5.76. The van der Waals surface area contributed by atoms with E-state index < -0.39 is 21.7 Å². The van der Waals surface area contributed by atoms with Crippen molar-refractivity contribution in [3.8, 4) is 5.75 Å². The van der Waals surface area contributed by atoms with Gasteiger partial charge in [-0.25, -0.2) is 13.2 Å². The van der Waals surface area contributed by atoms with Crippen molar-refractivity contribution in [3.63, 3.8) is 0 Å². The van der Waals surface area contributed by atoms with E-state index in [0.717, 1.165) is 17.7 Å². The number of phenols is 1. The number of rotatable bonds is 4. The van der Waals surface area contributed by atoms with Crippen LogP contribution in [0.15, 0.2) is 35.2 Å². The first-order chi connectivity index (χ1) is 11.8. The Morgan fingerprint density at radius 3 is 2.00 bits per heavy atom. The summed E-state index contributed by atoms with van der Waals surface area (Å²) in [4.78, 5) is 11.1. The van der Waals surface area contributed by atoms with Crippen molar-refractivity contribution in [2.24, 2.45) is 0 Å². The molecule has 0 amide bonds. The summed E-state index contributed by atoms with van der Waals surface area (Å²) < 4.78 is 28.1. The smallest absolute Gasteiger partial charge is 0.339 e. The van der Waals surface area contributed by atoms with Crippen LogP contribution in [-0.4, -0.2) is 24.6 Å². The molecule has 0 saturated heterocycles. The minimum Gasteiger partial charge on any atom is -0.507 e. The molecule has 0 saturated carbocycles. The second-order valence-electron chi connectivity index (χ2n) is 7.33. The SMILES string of the molecule is Cc1cc(C(C)(C)C)cc(C)c1S(=O)(=O)Nc1ccc(C(=O)O)c(O)c1. The van der Waals surface area contributed by atoms with Crippen molar-refractivity contribution in [2.45, 2.75) is 44.9 Å². The van der Waals surface area contributed by atoms with Crippen molar-refractivity contribution < 1.29 is 23.4 Å². The van der Waals surface area contributed by atoms with Crippen molar-refractivity contribution in [1.29, 1.82) is 0 Å². The predicted octanol–water partition coefficient (Wildman–Crippen LogP) is 3.81. The van der Waals surface area contributed by atoms with E-state index in [9.17, 15) is 18.3 Å². The monoisotopic (exact) mass is 377 g/mol. The fourth-order valence-corrected chi connectivity index (χ4v) is 4.29. The summed E-state index contributed by atoms with van der Waals surface area (Å²) in [6, 6.07) is 7.24. The molecule has 0 aromatic heterocycles. The highest BCUT2D eigenvalue weighted by Gasteiger charge is 2.24. The van der Waals surface area contributed by atoms with Gasteiger partial charge in [0, 0.05) is 6.07 Å². The van der Waals surface area contributed by atoms with E-state index in [-0.39, 0.29) is 21.6 Å². The molecule has 0 aliphatic rings. The fraction of sp³-hybridized carbons (Fsp3) is 0.316. The van der Waals surface area contributed by atoms with Crippen LogP contribution in [0.4, 0.5) is 5.69 Å². The zero-order valence-electron chi connectivity index (χ0n) is 15.4. The zero-order chi connectivity index (χ0) is 19.9. The molecule has 0 unspecified atom stereocenters. The Morgan fingerprint density at radius 2 is 1.58 bits per heavy atom. The number of carboxylic acid groups (broad SMARTS) is 1. The lowest BCUT2D eigenvalue weighted by molar-refractivity contribution is 0.0694. The van der Waals surface area contributed by atoms with E-state index in [2.05, 4.69) is 25.5 Å². The Bertz CT molecular complexity index is 949. The fourth-order valence-electron chi connectivity index (χ4n) is 2.79. The normalized spacial score (nSPS) is 12.0. The maximum atomic E-state index is 12.8. The number of anilines is 1.